The van der Waals surface area contributed by atoms with Crippen LogP contribution < -0.4 is 4.57 Å². The molecular weight excluding hydrogens is 256 g/mol. The van der Waals surface area contributed by atoms with E-state index in [-0.39, 0.29) is 10.8 Å². The quantitative estimate of drug-likeness (QED) is 0.792. The SMILES string of the molecule is CC(C)(C)c1nccn1C[n+]1csnc1C(C)(C)C. The second-order valence-electron chi connectivity index (χ2n) is 6.96. The van der Waals surface area contributed by atoms with Crippen LogP contribution in [0.15, 0.2) is 17.9 Å². The van der Waals surface area contributed by atoms with Gasteiger partial charge in [-0.1, -0.05) is 20.8 Å². The summed E-state index contributed by atoms with van der Waals surface area (Å²) in [5.41, 5.74) is 2.19. The first-order valence-corrected chi connectivity index (χ1v) is 7.39. The highest BCUT2D eigenvalue weighted by molar-refractivity contribution is 7.02. The van der Waals surface area contributed by atoms with Crippen molar-refractivity contribution in [2.75, 3.05) is 0 Å². The molecule has 0 N–H and O–H groups in total. The van der Waals surface area contributed by atoms with Gasteiger partial charge in [0, 0.05) is 22.2 Å². The Morgan fingerprint density at radius 1 is 1.16 bits per heavy atom. The zero-order valence-electron chi connectivity index (χ0n) is 12.6. The summed E-state index contributed by atoms with van der Waals surface area (Å²) >= 11 is 1.51. The fraction of sp³-hybridized carbons (Fsp3) is 0.643. The Labute approximate surface area is 119 Å². The van der Waals surface area contributed by atoms with Gasteiger partial charge in [0.25, 0.3) is 0 Å². The standard InChI is InChI=1S/C14H23N4S/c1-13(2,3)11-15-7-8-17(11)9-18-10-19-16-12(18)14(4,5)6/h7-8,10H,9H2,1-6H3/q+1. The Balaban J connectivity index is 2.33. The molecule has 0 saturated heterocycles. The van der Waals surface area contributed by atoms with E-state index in [1.807, 2.05) is 12.4 Å². The van der Waals surface area contributed by atoms with Gasteiger partial charge >= 0.3 is 5.82 Å². The summed E-state index contributed by atoms with van der Waals surface area (Å²) in [5.74, 6) is 2.22. The van der Waals surface area contributed by atoms with Crippen molar-refractivity contribution in [3.8, 4) is 0 Å². The van der Waals surface area contributed by atoms with Gasteiger partial charge in [0.05, 0.1) is 5.41 Å². The number of hydrogen-bond acceptors (Lipinski definition) is 3. The van der Waals surface area contributed by atoms with Crippen LogP contribution in [-0.4, -0.2) is 13.9 Å². The van der Waals surface area contributed by atoms with Crippen molar-refractivity contribution in [3.05, 3.63) is 29.6 Å². The van der Waals surface area contributed by atoms with Gasteiger partial charge in [0.2, 0.25) is 0 Å². The summed E-state index contributed by atoms with van der Waals surface area (Å²) in [5, 5.41) is 0. The van der Waals surface area contributed by atoms with Crippen LogP contribution in [0.2, 0.25) is 0 Å². The zero-order valence-corrected chi connectivity index (χ0v) is 13.5. The van der Waals surface area contributed by atoms with Crippen molar-refractivity contribution >= 4 is 11.5 Å². The molecule has 4 nitrogen and oxygen atoms in total. The minimum Gasteiger partial charge on any atom is -0.297 e. The first-order valence-electron chi connectivity index (χ1n) is 6.55. The fourth-order valence-electron chi connectivity index (χ4n) is 2.13. The molecular formula is C14H23N4S+. The first kappa shape index (κ1) is 14.2. The van der Waals surface area contributed by atoms with E-state index < -0.39 is 0 Å². The fourth-order valence-corrected chi connectivity index (χ4v) is 2.94. The maximum Gasteiger partial charge on any atom is 0.320 e. The Kier molecular flexibility index (Phi) is 3.51. The molecule has 0 radical (unpaired) electrons. The molecule has 0 aliphatic carbocycles. The summed E-state index contributed by atoms with van der Waals surface area (Å²) < 4.78 is 8.94. The maximum atomic E-state index is 4.53. The molecule has 2 aromatic heterocycles. The van der Waals surface area contributed by atoms with Gasteiger partial charge in [-0.05, 0) is 20.8 Å². The van der Waals surface area contributed by atoms with E-state index in [0.717, 1.165) is 18.3 Å². The predicted octanol–water partition coefficient (Wildman–Crippen LogP) is 2.73. The van der Waals surface area contributed by atoms with Gasteiger partial charge in [-0.3, -0.25) is 4.57 Å². The van der Waals surface area contributed by atoms with Gasteiger partial charge in [-0.15, -0.1) is 0 Å². The molecule has 0 aromatic carbocycles. The number of aromatic nitrogens is 4. The summed E-state index contributed by atoms with van der Waals surface area (Å²) in [6, 6.07) is 0. The molecule has 0 aliphatic rings. The van der Waals surface area contributed by atoms with Crippen LogP contribution in [-0.2, 0) is 17.5 Å². The average Bonchev–Trinajstić information content (AvgIpc) is 2.83. The average molecular weight is 279 g/mol. The van der Waals surface area contributed by atoms with E-state index in [1.165, 1.54) is 11.5 Å². The van der Waals surface area contributed by atoms with Crippen molar-refractivity contribution in [2.45, 2.75) is 59.0 Å². The lowest BCUT2D eigenvalue weighted by Crippen LogP contribution is -2.44. The van der Waals surface area contributed by atoms with Crippen molar-refractivity contribution in [2.24, 2.45) is 0 Å². The van der Waals surface area contributed by atoms with E-state index in [1.54, 1.807) is 0 Å². The molecule has 2 aromatic rings. The largest absolute Gasteiger partial charge is 0.320 e. The van der Waals surface area contributed by atoms with Crippen LogP contribution >= 0.6 is 11.5 Å². The first-order chi connectivity index (χ1) is 8.69. The second-order valence-corrected chi connectivity index (χ2v) is 7.56. The highest BCUT2D eigenvalue weighted by Crippen LogP contribution is 2.21. The van der Waals surface area contributed by atoms with Crippen LogP contribution in [0.5, 0.6) is 0 Å². The Hall–Kier alpha value is -1.23. The third-order valence-corrected chi connectivity index (χ3v) is 3.57. The van der Waals surface area contributed by atoms with Gasteiger partial charge in [0.1, 0.15) is 17.4 Å². The molecule has 2 heterocycles. The molecule has 19 heavy (non-hydrogen) atoms. The number of rotatable bonds is 2. The molecule has 2 rings (SSSR count). The molecule has 0 unspecified atom stereocenters. The molecule has 0 amide bonds. The highest BCUT2D eigenvalue weighted by atomic mass is 32.1. The lowest BCUT2D eigenvalue weighted by atomic mass is 9.95. The lowest BCUT2D eigenvalue weighted by molar-refractivity contribution is -0.709. The Bertz CT molecular complexity index is 504. The molecule has 0 fully saturated rings. The van der Waals surface area contributed by atoms with Crippen molar-refractivity contribution < 1.29 is 4.57 Å². The third-order valence-electron chi connectivity index (χ3n) is 2.95. The van der Waals surface area contributed by atoms with Gasteiger partial charge < -0.3 is 0 Å². The maximum absolute atomic E-state index is 4.53. The van der Waals surface area contributed by atoms with Gasteiger partial charge in [-0.25, -0.2) is 9.55 Å². The van der Waals surface area contributed by atoms with Crippen LogP contribution in [0.1, 0.15) is 53.2 Å². The highest BCUT2D eigenvalue weighted by Gasteiger charge is 2.30. The molecule has 0 spiro atoms. The molecule has 0 saturated carbocycles. The number of hydrogen-bond donors (Lipinski definition) is 0. The summed E-state index contributed by atoms with van der Waals surface area (Å²) in [6.45, 7) is 13.9. The molecule has 0 aliphatic heterocycles. The van der Waals surface area contributed by atoms with Crippen LogP contribution in [0, 0.1) is 0 Å². The van der Waals surface area contributed by atoms with Crippen LogP contribution in [0.25, 0.3) is 0 Å². The summed E-state index contributed by atoms with van der Waals surface area (Å²) in [4.78, 5) is 4.49. The minimum atomic E-state index is 0.0510. The summed E-state index contributed by atoms with van der Waals surface area (Å²) in [6.07, 6.45) is 3.91. The van der Waals surface area contributed by atoms with Gasteiger partial charge in [0.15, 0.2) is 12.2 Å². The normalized spacial score (nSPS) is 12.9. The van der Waals surface area contributed by atoms with E-state index >= 15 is 0 Å². The number of nitrogens with zero attached hydrogens (tertiary/aromatic N) is 4. The molecule has 5 heteroatoms. The zero-order chi connectivity index (χ0) is 14.3. The van der Waals surface area contributed by atoms with Crippen molar-refractivity contribution in [1.82, 2.24) is 13.9 Å². The summed E-state index contributed by atoms with van der Waals surface area (Å²) in [7, 11) is 0. The molecule has 0 bridgehead atoms. The Morgan fingerprint density at radius 3 is 2.42 bits per heavy atom. The van der Waals surface area contributed by atoms with Crippen LogP contribution in [0.4, 0.5) is 0 Å². The predicted molar refractivity (Wildman–Crippen MR) is 77.3 cm³/mol. The van der Waals surface area contributed by atoms with E-state index in [9.17, 15) is 0 Å². The van der Waals surface area contributed by atoms with Crippen molar-refractivity contribution in [1.29, 1.82) is 0 Å². The van der Waals surface area contributed by atoms with E-state index in [2.05, 4.69) is 65.5 Å². The topological polar surface area (TPSA) is 34.6 Å². The lowest BCUT2D eigenvalue weighted by Gasteiger charge is -2.19. The molecule has 104 valence electrons. The monoisotopic (exact) mass is 279 g/mol. The number of imidazole rings is 1. The third kappa shape index (κ3) is 3.03. The van der Waals surface area contributed by atoms with Gasteiger partial charge in [-0.2, -0.15) is 0 Å². The Morgan fingerprint density at radius 2 is 1.84 bits per heavy atom. The second kappa shape index (κ2) is 4.71. The van der Waals surface area contributed by atoms with E-state index in [0.29, 0.717) is 0 Å². The molecule has 0 atom stereocenters. The minimum absolute atomic E-state index is 0.0510. The van der Waals surface area contributed by atoms with Crippen LogP contribution in [0.3, 0.4) is 0 Å². The van der Waals surface area contributed by atoms with Crippen molar-refractivity contribution in [3.63, 3.8) is 0 Å². The smallest absolute Gasteiger partial charge is 0.297 e. The van der Waals surface area contributed by atoms with E-state index in [4.69, 9.17) is 0 Å².